The van der Waals surface area contributed by atoms with Gasteiger partial charge >= 0.3 is 5.97 Å². The zero-order valence-electron chi connectivity index (χ0n) is 18.4. The van der Waals surface area contributed by atoms with Crippen LogP contribution in [-0.4, -0.2) is 36.9 Å². The number of anilines is 1. The average molecular weight is 460 g/mol. The van der Waals surface area contributed by atoms with Crippen LogP contribution >= 0.6 is 0 Å². The highest BCUT2D eigenvalue weighted by atomic mass is 16.5. The highest BCUT2D eigenvalue weighted by molar-refractivity contribution is 6.01. The van der Waals surface area contributed by atoms with Gasteiger partial charge in [0.15, 0.2) is 12.4 Å². The molecule has 2 aromatic carbocycles. The monoisotopic (exact) mass is 460 g/mol. The summed E-state index contributed by atoms with van der Waals surface area (Å²) in [6, 6.07) is 11.6. The normalized spacial score (nSPS) is 14.0. The standard InChI is InChI=1S/C23H20N6O5/c1-13-3-8-17-16(11-13)21(32)27(2)23-25-24-18(28(17)23)12-34-22(33)14-4-6-15(7-5-14)29-20(31)10-9-19(30)26-29/h3-8,11H,9-10,12H2,1-2H3,(H,26,30). The first-order chi connectivity index (χ1) is 16.3. The molecule has 11 heteroatoms. The summed E-state index contributed by atoms with van der Waals surface area (Å²) in [6.07, 6.45) is 0.280. The molecular formula is C23H20N6O5. The van der Waals surface area contributed by atoms with Crippen LogP contribution < -0.4 is 16.0 Å². The van der Waals surface area contributed by atoms with Gasteiger partial charge in [0.1, 0.15) is 0 Å². The SMILES string of the molecule is Cc1ccc2c(c1)c(=O)n(C)c1nnc(COC(=O)c3ccc(N4NC(=O)CCC4=O)cc3)n21. The Morgan fingerprint density at radius 3 is 2.59 bits per heavy atom. The van der Waals surface area contributed by atoms with Crippen molar-refractivity contribution >= 4 is 40.2 Å². The predicted octanol–water partition coefficient (Wildman–Crippen LogP) is 1.40. The minimum absolute atomic E-state index is 0.127. The van der Waals surface area contributed by atoms with Crippen LogP contribution in [0.2, 0.25) is 0 Å². The molecule has 4 aromatic rings. The highest BCUT2D eigenvalue weighted by Gasteiger charge is 2.24. The quantitative estimate of drug-likeness (QED) is 0.456. The first-order valence-electron chi connectivity index (χ1n) is 10.6. The van der Waals surface area contributed by atoms with Crippen molar-refractivity contribution in [3.8, 4) is 0 Å². The Hall–Kier alpha value is -4.54. The lowest BCUT2D eigenvalue weighted by molar-refractivity contribution is -0.130. The van der Waals surface area contributed by atoms with Crippen LogP contribution in [0, 0.1) is 6.92 Å². The van der Waals surface area contributed by atoms with E-state index in [1.54, 1.807) is 29.6 Å². The van der Waals surface area contributed by atoms with Crippen molar-refractivity contribution in [3.05, 3.63) is 69.8 Å². The second kappa shape index (κ2) is 8.10. The lowest BCUT2D eigenvalue weighted by atomic mass is 10.1. The molecule has 1 aliphatic rings. The van der Waals surface area contributed by atoms with Crippen LogP contribution in [0.3, 0.4) is 0 Å². The zero-order chi connectivity index (χ0) is 24.0. The van der Waals surface area contributed by atoms with E-state index < -0.39 is 5.97 Å². The third kappa shape index (κ3) is 3.56. The second-order valence-corrected chi connectivity index (χ2v) is 8.02. The molecule has 2 aromatic heterocycles. The van der Waals surface area contributed by atoms with E-state index in [2.05, 4.69) is 15.6 Å². The lowest BCUT2D eigenvalue weighted by Gasteiger charge is -2.27. The maximum absolute atomic E-state index is 12.7. The minimum atomic E-state index is -0.595. The van der Waals surface area contributed by atoms with Gasteiger partial charge in [-0.1, -0.05) is 11.6 Å². The molecular weight excluding hydrogens is 440 g/mol. The van der Waals surface area contributed by atoms with Crippen LogP contribution in [0.4, 0.5) is 5.69 Å². The molecule has 0 spiro atoms. The summed E-state index contributed by atoms with van der Waals surface area (Å²) in [4.78, 5) is 48.9. The molecule has 0 saturated carbocycles. The molecule has 5 rings (SSSR count). The van der Waals surface area contributed by atoms with Crippen LogP contribution in [0.5, 0.6) is 0 Å². The molecule has 0 atom stereocenters. The molecule has 1 aliphatic heterocycles. The molecule has 0 aliphatic carbocycles. The van der Waals surface area contributed by atoms with Gasteiger partial charge in [-0.15, -0.1) is 10.2 Å². The molecule has 2 amide bonds. The number of rotatable bonds is 4. The minimum Gasteiger partial charge on any atom is -0.454 e. The zero-order valence-corrected chi connectivity index (χ0v) is 18.4. The molecule has 0 unspecified atom stereocenters. The van der Waals surface area contributed by atoms with Crippen LogP contribution in [-0.2, 0) is 28.0 Å². The number of hydrazine groups is 1. The highest BCUT2D eigenvalue weighted by Crippen LogP contribution is 2.19. The fraction of sp³-hybridized carbons (Fsp3) is 0.217. The number of esters is 1. The number of aromatic nitrogens is 4. The molecule has 1 N–H and O–H groups in total. The molecule has 0 bridgehead atoms. The van der Waals surface area contributed by atoms with Gasteiger partial charge in [-0.25, -0.2) is 9.80 Å². The largest absolute Gasteiger partial charge is 0.454 e. The smallest absolute Gasteiger partial charge is 0.338 e. The number of nitrogens with zero attached hydrogens (tertiary/aromatic N) is 5. The molecule has 11 nitrogen and oxygen atoms in total. The first-order valence-corrected chi connectivity index (χ1v) is 10.6. The van der Waals surface area contributed by atoms with Gasteiger partial charge in [0.05, 0.1) is 22.2 Å². The number of aryl methyl sites for hydroxylation is 2. The fourth-order valence-electron chi connectivity index (χ4n) is 3.90. The van der Waals surface area contributed by atoms with E-state index in [0.29, 0.717) is 28.2 Å². The van der Waals surface area contributed by atoms with Crippen molar-refractivity contribution in [3.63, 3.8) is 0 Å². The number of amides is 2. The predicted molar refractivity (Wildman–Crippen MR) is 121 cm³/mol. The van der Waals surface area contributed by atoms with E-state index in [1.165, 1.54) is 21.7 Å². The van der Waals surface area contributed by atoms with E-state index in [-0.39, 0.29) is 42.4 Å². The van der Waals surface area contributed by atoms with Gasteiger partial charge in [-0.2, -0.15) is 0 Å². The third-order valence-electron chi connectivity index (χ3n) is 5.69. The van der Waals surface area contributed by atoms with Gasteiger partial charge in [-0.3, -0.25) is 28.8 Å². The van der Waals surface area contributed by atoms with Crippen molar-refractivity contribution in [2.75, 3.05) is 5.01 Å². The van der Waals surface area contributed by atoms with Gasteiger partial charge < -0.3 is 4.74 Å². The Morgan fingerprint density at radius 2 is 1.82 bits per heavy atom. The summed E-state index contributed by atoms with van der Waals surface area (Å²) in [5.74, 6) is -0.368. The van der Waals surface area contributed by atoms with Crippen molar-refractivity contribution < 1.29 is 19.1 Å². The molecule has 1 saturated heterocycles. The first kappa shape index (κ1) is 21.3. The van der Waals surface area contributed by atoms with Gasteiger partial charge in [0.2, 0.25) is 17.6 Å². The van der Waals surface area contributed by atoms with E-state index in [9.17, 15) is 19.2 Å². The number of ether oxygens (including phenoxy) is 1. The van der Waals surface area contributed by atoms with Gasteiger partial charge in [0.25, 0.3) is 5.56 Å². The van der Waals surface area contributed by atoms with Crippen molar-refractivity contribution in [2.45, 2.75) is 26.4 Å². The summed E-state index contributed by atoms with van der Waals surface area (Å²) in [7, 11) is 1.61. The van der Waals surface area contributed by atoms with E-state index in [0.717, 1.165) is 5.56 Å². The molecule has 1 fully saturated rings. The molecule has 0 radical (unpaired) electrons. The maximum atomic E-state index is 12.7. The van der Waals surface area contributed by atoms with Gasteiger partial charge in [-0.05, 0) is 43.3 Å². The number of nitrogens with one attached hydrogen (secondary N) is 1. The average Bonchev–Trinajstić information content (AvgIpc) is 3.27. The van der Waals surface area contributed by atoms with E-state index in [4.69, 9.17) is 4.74 Å². The van der Waals surface area contributed by atoms with Gasteiger partial charge in [0, 0.05) is 19.9 Å². The number of fused-ring (bicyclic) bond motifs is 3. The summed E-state index contributed by atoms with van der Waals surface area (Å²) in [6.45, 7) is 1.74. The third-order valence-corrected chi connectivity index (χ3v) is 5.69. The molecule has 172 valence electrons. The number of hydrogen-bond acceptors (Lipinski definition) is 7. The second-order valence-electron chi connectivity index (χ2n) is 8.02. The van der Waals surface area contributed by atoms with E-state index >= 15 is 0 Å². The number of hydrogen-bond donors (Lipinski definition) is 1. The summed E-state index contributed by atoms with van der Waals surface area (Å²) >= 11 is 0. The topological polar surface area (TPSA) is 128 Å². The number of benzene rings is 2. The lowest BCUT2D eigenvalue weighted by Crippen LogP contribution is -2.50. The Morgan fingerprint density at radius 1 is 1.06 bits per heavy atom. The van der Waals surface area contributed by atoms with Crippen molar-refractivity contribution in [1.82, 2.24) is 24.6 Å². The maximum Gasteiger partial charge on any atom is 0.338 e. The van der Waals surface area contributed by atoms with Crippen LogP contribution in [0.1, 0.15) is 34.6 Å². The Labute approximate surface area is 192 Å². The molecule has 34 heavy (non-hydrogen) atoms. The Bertz CT molecular complexity index is 1540. The summed E-state index contributed by atoms with van der Waals surface area (Å²) in [5.41, 5.74) is 4.59. The fourth-order valence-corrected chi connectivity index (χ4v) is 3.90. The Balaban J connectivity index is 1.38. The summed E-state index contributed by atoms with van der Waals surface area (Å²) < 4.78 is 8.54. The number of carbonyl (C=O) groups is 3. The van der Waals surface area contributed by atoms with Crippen LogP contribution in [0.15, 0.2) is 47.3 Å². The Kier molecular flexibility index (Phi) is 5.08. The summed E-state index contributed by atoms with van der Waals surface area (Å²) in [5, 5.41) is 9.89. The van der Waals surface area contributed by atoms with Crippen LogP contribution in [0.25, 0.3) is 16.7 Å². The van der Waals surface area contributed by atoms with Crippen molar-refractivity contribution in [2.24, 2.45) is 7.05 Å². The number of carbonyl (C=O) groups excluding carboxylic acids is 3. The van der Waals surface area contributed by atoms with E-state index in [1.807, 2.05) is 19.1 Å². The van der Waals surface area contributed by atoms with Crippen molar-refractivity contribution in [1.29, 1.82) is 0 Å². The molecule has 3 heterocycles.